The Hall–Kier alpha value is -1.80. The summed E-state index contributed by atoms with van der Waals surface area (Å²) >= 11 is 1.34. The third-order valence-corrected chi connectivity index (χ3v) is 4.02. The number of nitrogens with zero attached hydrogens (tertiary/aromatic N) is 4. The zero-order chi connectivity index (χ0) is 15.7. The minimum atomic E-state index is -0.411. The average molecular weight is 310 g/mol. The van der Waals surface area contributed by atoms with Crippen molar-refractivity contribution in [2.75, 3.05) is 12.4 Å². The summed E-state index contributed by atoms with van der Waals surface area (Å²) in [5.74, 6) is 0.466. The maximum Gasteiger partial charge on any atom is 0.332 e. The van der Waals surface area contributed by atoms with Crippen LogP contribution in [0.5, 0.6) is 0 Å². The molecule has 0 aromatic carbocycles. The number of thioether (sulfide) groups is 1. The molecule has 0 amide bonds. The van der Waals surface area contributed by atoms with E-state index in [0.717, 1.165) is 10.1 Å². The molecule has 2 heterocycles. The molecule has 0 aliphatic rings. The fourth-order valence-corrected chi connectivity index (χ4v) is 2.83. The molecule has 0 radical (unpaired) electrons. The molecule has 0 saturated carbocycles. The van der Waals surface area contributed by atoms with E-state index in [4.69, 9.17) is 5.11 Å². The summed E-state index contributed by atoms with van der Waals surface area (Å²) in [4.78, 5) is 28.8. The van der Waals surface area contributed by atoms with Crippen molar-refractivity contribution in [3.05, 3.63) is 33.0 Å². The highest BCUT2D eigenvalue weighted by Gasteiger charge is 2.19. The van der Waals surface area contributed by atoms with Gasteiger partial charge in [-0.1, -0.05) is 23.9 Å². The summed E-state index contributed by atoms with van der Waals surface area (Å²) in [5.41, 5.74) is 0.813. The molecule has 1 N–H and O–H groups in total. The Bertz CT molecular complexity index is 815. The van der Waals surface area contributed by atoms with Gasteiger partial charge in [0.15, 0.2) is 16.3 Å². The SMILES string of the molecule is C=C(C)Cn1c(SCCO)nc2c1c(=O)n(C)c(=O)n2C. The number of hydrogen-bond donors (Lipinski definition) is 1. The molecule has 2 aromatic rings. The number of fused-ring (bicyclic) bond motifs is 1. The number of rotatable bonds is 5. The van der Waals surface area contributed by atoms with Gasteiger partial charge < -0.3 is 9.67 Å². The number of allylic oxidation sites excluding steroid dienone is 1. The van der Waals surface area contributed by atoms with Crippen molar-refractivity contribution >= 4 is 22.9 Å². The first-order chi connectivity index (χ1) is 9.88. The van der Waals surface area contributed by atoms with Crippen LogP contribution in [-0.2, 0) is 20.6 Å². The monoisotopic (exact) mass is 310 g/mol. The molecule has 0 spiro atoms. The molecule has 0 aliphatic heterocycles. The van der Waals surface area contributed by atoms with Crippen LogP contribution in [0.4, 0.5) is 0 Å². The summed E-state index contributed by atoms with van der Waals surface area (Å²) < 4.78 is 4.17. The van der Waals surface area contributed by atoms with Crippen LogP contribution in [0, 0.1) is 0 Å². The zero-order valence-corrected chi connectivity index (χ0v) is 13.1. The number of aliphatic hydroxyl groups is 1. The van der Waals surface area contributed by atoms with Crippen molar-refractivity contribution in [3.8, 4) is 0 Å². The lowest BCUT2D eigenvalue weighted by atomic mass is 10.3. The number of hydrogen-bond acceptors (Lipinski definition) is 5. The Kier molecular flexibility index (Phi) is 4.38. The van der Waals surface area contributed by atoms with Crippen LogP contribution in [0.3, 0.4) is 0 Å². The quantitative estimate of drug-likeness (QED) is 0.625. The number of aryl methyl sites for hydroxylation is 1. The van der Waals surface area contributed by atoms with Gasteiger partial charge in [-0.05, 0) is 6.92 Å². The Morgan fingerprint density at radius 1 is 1.33 bits per heavy atom. The van der Waals surface area contributed by atoms with E-state index >= 15 is 0 Å². The first kappa shape index (κ1) is 15.6. The second-order valence-corrected chi connectivity index (χ2v) is 5.95. The van der Waals surface area contributed by atoms with E-state index in [1.807, 2.05) is 6.92 Å². The van der Waals surface area contributed by atoms with E-state index in [-0.39, 0.29) is 12.2 Å². The van der Waals surface area contributed by atoms with Crippen LogP contribution in [0.1, 0.15) is 6.92 Å². The third-order valence-electron chi connectivity index (χ3n) is 3.06. The molecule has 2 aromatic heterocycles. The Morgan fingerprint density at radius 2 is 2.00 bits per heavy atom. The van der Waals surface area contributed by atoms with Crippen molar-refractivity contribution in [1.82, 2.24) is 18.7 Å². The molecule has 0 fully saturated rings. The standard InChI is InChI=1S/C13H18N4O3S/c1-8(2)7-17-9-10(14-12(17)21-6-5-18)15(3)13(20)16(4)11(9)19/h18H,1,5-7H2,2-4H3. The molecule has 21 heavy (non-hydrogen) atoms. The average Bonchev–Trinajstić information content (AvgIpc) is 2.78. The number of imidazole rings is 1. The molecule has 114 valence electrons. The highest BCUT2D eigenvalue weighted by molar-refractivity contribution is 7.99. The fourth-order valence-electron chi connectivity index (χ4n) is 2.09. The lowest BCUT2D eigenvalue weighted by Gasteiger charge is -2.08. The van der Waals surface area contributed by atoms with Crippen LogP contribution in [0.25, 0.3) is 11.2 Å². The first-order valence-corrected chi connectivity index (χ1v) is 7.41. The van der Waals surface area contributed by atoms with E-state index in [0.29, 0.717) is 28.6 Å². The Balaban J connectivity index is 2.83. The first-order valence-electron chi connectivity index (χ1n) is 6.42. The van der Waals surface area contributed by atoms with Gasteiger partial charge in [0.1, 0.15) is 0 Å². The molecular weight excluding hydrogens is 292 g/mol. The lowest BCUT2D eigenvalue weighted by molar-refractivity contribution is 0.322. The second-order valence-electron chi connectivity index (χ2n) is 4.89. The Labute approximate surface area is 125 Å². The van der Waals surface area contributed by atoms with E-state index in [1.54, 1.807) is 11.6 Å². The van der Waals surface area contributed by atoms with E-state index in [9.17, 15) is 9.59 Å². The predicted octanol–water partition coefficient (Wildman–Crippen LogP) is 0.0942. The lowest BCUT2D eigenvalue weighted by Crippen LogP contribution is -2.37. The van der Waals surface area contributed by atoms with Crippen LogP contribution in [0.2, 0.25) is 0 Å². The number of aromatic nitrogens is 4. The summed E-state index contributed by atoms with van der Waals surface area (Å²) in [6.45, 7) is 6.18. The summed E-state index contributed by atoms with van der Waals surface area (Å²) in [7, 11) is 3.03. The van der Waals surface area contributed by atoms with Gasteiger partial charge in [0.2, 0.25) is 0 Å². The highest BCUT2D eigenvalue weighted by Crippen LogP contribution is 2.22. The third kappa shape index (κ3) is 2.68. The minimum absolute atomic E-state index is 0.0118. The molecule has 7 nitrogen and oxygen atoms in total. The number of aliphatic hydroxyl groups excluding tert-OH is 1. The molecule has 0 saturated heterocycles. The van der Waals surface area contributed by atoms with E-state index in [2.05, 4.69) is 11.6 Å². The second kappa shape index (κ2) is 5.90. The van der Waals surface area contributed by atoms with Crippen molar-refractivity contribution < 1.29 is 5.11 Å². The molecule has 2 rings (SSSR count). The maximum absolute atomic E-state index is 12.4. The van der Waals surface area contributed by atoms with Crippen LogP contribution >= 0.6 is 11.8 Å². The van der Waals surface area contributed by atoms with Crippen LogP contribution in [-0.4, -0.2) is 36.2 Å². The maximum atomic E-state index is 12.4. The van der Waals surface area contributed by atoms with Crippen molar-refractivity contribution in [3.63, 3.8) is 0 Å². The van der Waals surface area contributed by atoms with Gasteiger partial charge in [0, 0.05) is 26.4 Å². The van der Waals surface area contributed by atoms with Crippen molar-refractivity contribution in [2.45, 2.75) is 18.6 Å². The van der Waals surface area contributed by atoms with Crippen LogP contribution in [0.15, 0.2) is 26.9 Å². The predicted molar refractivity (Wildman–Crippen MR) is 82.8 cm³/mol. The highest BCUT2D eigenvalue weighted by atomic mass is 32.2. The smallest absolute Gasteiger partial charge is 0.332 e. The summed E-state index contributed by atoms with van der Waals surface area (Å²) in [5, 5.41) is 9.57. The van der Waals surface area contributed by atoms with Gasteiger partial charge in [0.25, 0.3) is 5.56 Å². The van der Waals surface area contributed by atoms with Gasteiger partial charge in [-0.25, -0.2) is 9.78 Å². The van der Waals surface area contributed by atoms with Crippen LogP contribution < -0.4 is 11.2 Å². The van der Waals surface area contributed by atoms with Crippen molar-refractivity contribution in [2.24, 2.45) is 14.1 Å². The minimum Gasteiger partial charge on any atom is -0.396 e. The van der Waals surface area contributed by atoms with Gasteiger partial charge >= 0.3 is 5.69 Å². The molecule has 0 unspecified atom stereocenters. The van der Waals surface area contributed by atoms with E-state index < -0.39 is 5.69 Å². The molecule has 0 atom stereocenters. The molecule has 8 heteroatoms. The van der Waals surface area contributed by atoms with Gasteiger partial charge in [-0.3, -0.25) is 13.9 Å². The molecule has 0 bridgehead atoms. The summed E-state index contributed by atoms with van der Waals surface area (Å²) in [6, 6.07) is 0. The topological polar surface area (TPSA) is 82.1 Å². The summed E-state index contributed by atoms with van der Waals surface area (Å²) in [6.07, 6.45) is 0. The largest absolute Gasteiger partial charge is 0.396 e. The van der Waals surface area contributed by atoms with Gasteiger partial charge in [-0.2, -0.15) is 0 Å². The van der Waals surface area contributed by atoms with Gasteiger partial charge in [-0.15, -0.1) is 0 Å². The molecular formula is C13H18N4O3S. The fraction of sp³-hybridized carbons (Fsp3) is 0.462. The van der Waals surface area contributed by atoms with Crippen molar-refractivity contribution in [1.29, 1.82) is 0 Å². The van der Waals surface area contributed by atoms with Gasteiger partial charge in [0.05, 0.1) is 6.61 Å². The van der Waals surface area contributed by atoms with E-state index in [1.165, 1.54) is 23.4 Å². The zero-order valence-electron chi connectivity index (χ0n) is 12.3. The Morgan fingerprint density at radius 3 is 2.57 bits per heavy atom. The normalized spacial score (nSPS) is 11.2. The molecule has 0 aliphatic carbocycles.